The first-order valence-corrected chi connectivity index (χ1v) is 7.80. The Labute approximate surface area is 142 Å². The molecule has 0 aliphatic carbocycles. The molecule has 2 rings (SSSR count). The van der Waals surface area contributed by atoms with Gasteiger partial charge in [0.05, 0.1) is 21.3 Å². The normalized spacial score (nSPS) is 10.4. The molecule has 0 aliphatic rings. The van der Waals surface area contributed by atoms with Crippen LogP contribution in [0.3, 0.4) is 0 Å². The zero-order chi connectivity index (χ0) is 16.7. The SMILES string of the molecule is COc1ccccc1CCNCc1cc(OC)c(OC)cc1Cl. The molecule has 0 amide bonds. The highest BCUT2D eigenvalue weighted by Gasteiger charge is 2.09. The standard InChI is InChI=1S/C18H22ClNO3/c1-21-16-7-5-4-6-13(16)8-9-20-12-14-10-17(22-2)18(23-3)11-15(14)19/h4-7,10-11,20H,8-9,12H2,1-3H3. The highest BCUT2D eigenvalue weighted by molar-refractivity contribution is 6.31. The third kappa shape index (κ3) is 4.53. The van der Waals surface area contributed by atoms with Crippen LogP contribution in [0, 0.1) is 0 Å². The summed E-state index contributed by atoms with van der Waals surface area (Å²) in [4.78, 5) is 0. The van der Waals surface area contributed by atoms with Crippen LogP contribution in [0.4, 0.5) is 0 Å². The maximum Gasteiger partial charge on any atom is 0.162 e. The molecule has 5 heteroatoms. The van der Waals surface area contributed by atoms with Crippen molar-refractivity contribution in [1.29, 1.82) is 0 Å². The molecule has 0 saturated carbocycles. The van der Waals surface area contributed by atoms with Crippen LogP contribution < -0.4 is 19.5 Å². The van der Waals surface area contributed by atoms with E-state index in [0.29, 0.717) is 23.1 Å². The van der Waals surface area contributed by atoms with Gasteiger partial charge < -0.3 is 19.5 Å². The van der Waals surface area contributed by atoms with E-state index in [-0.39, 0.29) is 0 Å². The lowest BCUT2D eigenvalue weighted by atomic mass is 10.1. The molecule has 4 nitrogen and oxygen atoms in total. The van der Waals surface area contributed by atoms with Crippen molar-refractivity contribution in [2.45, 2.75) is 13.0 Å². The van der Waals surface area contributed by atoms with Crippen LogP contribution in [-0.2, 0) is 13.0 Å². The number of rotatable bonds is 8. The van der Waals surface area contributed by atoms with Crippen LogP contribution in [0.15, 0.2) is 36.4 Å². The molecule has 124 valence electrons. The van der Waals surface area contributed by atoms with E-state index < -0.39 is 0 Å². The van der Waals surface area contributed by atoms with Crippen LogP contribution in [-0.4, -0.2) is 27.9 Å². The number of ether oxygens (including phenoxy) is 3. The molecule has 23 heavy (non-hydrogen) atoms. The van der Waals surface area contributed by atoms with Gasteiger partial charge in [-0.05, 0) is 36.2 Å². The summed E-state index contributed by atoms with van der Waals surface area (Å²) in [6, 6.07) is 11.7. The van der Waals surface area contributed by atoms with Crippen molar-refractivity contribution in [1.82, 2.24) is 5.32 Å². The number of halogens is 1. The van der Waals surface area contributed by atoms with Crippen molar-refractivity contribution in [3.63, 3.8) is 0 Å². The third-order valence-corrected chi connectivity index (χ3v) is 3.98. The fraction of sp³-hybridized carbons (Fsp3) is 0.333. The minimum Gasteiger partial charge on any atom is -0.496 e. The molecular weight excluding hydrogens is 314 g/mol. The topological polar surface area (TPSA) is 39.7 Å². The Kier molecular flexibility index (Phi) is 6.56. The van der Waals surface area contributed by atoms with E-state index in [1.54, 1.807) is 27.4 Å². The Morgan fingerprint density at radius 1 is 0.870 bits per heavy atom. The van der Waals surface area contributed by atoms with E-state index in [4.69, 9.17) is 25.8 Å². The number of methoxy groups -OCH3 is 3. The molecule has 0 heterocycles. The molecule has 2 aromatic rings. The van der Waals surface area contributed by atoms with Gasteiger partial charge in [-0.25, -0.2) is 0 Å². The number of nitrogens with one attached hydrogen (secondary N) is 1. The maximum absolute atomic E-state index is 6.29. The lowest BCUT2D eigenvalue weighted by Gasteiger charge is -2.13. The molecule has 0 spiro atoms. The first-order chi connectivity index (χ1) is 11.2. The number of hydrogen-bond acceptors (Lipinski definition) is 4. The Balaban J connectivity index is 1.94. The average molecular weight is 336 g/mol. The maximum atomic E-state index is 6.29. The van der Waals surface area contributed by atoms with Gasteiger partial charge in [-0.3, -0.25) is 0 Å². The molecule has 0 atom stereocenters. The molecule has 0 aromatic heterocycles. The van der Waals surface area contributed by atoms with Crippen LogP contribution >= 0.6 is 11.6 Å². The second kappa shape index (κ2) is 8.65. The average Bonchev–Trinajstić information content (AvgIpc) is 2.59. The summed E-state index contributed by atoms with van der Waals surface area (Å²) in [6.07, 6.45) is 0.884. The molecule has 0 bridgehead atoms. The molecule has 2 aromatic carbocycles. The van der Waals surface area contributed by atoms with Crippen molar-refractivity contribution in [3.05, 3.63) is 52.5 Å². The summed E-state index contributed by atoms with van der Waals surface area (Å²) in [7, 11) is 4.90. The summed E-state index contributed by atoms with van der Waals surface area (Å²) in [5.41, 5.74) is 2.16. The van der Waals surface area contributed by atoms with Crippen LogP contribution in [0.25, 0.3) is 0 Å². The minimum atomic E-state index is 0.635. The van der Waals surface area contributed by atoms with Crippen LogP contribution in [0.5, 0.6) is 17.2 Å². The summed E-state index contributed by atoms with van der Waals surface area (Å²) >= 11 is 6.29. The summed E-state index contributed by atoms with van der Waals surface area (Å²) in [6.45, 7) is 1.49. The lowest BCUT2D eigenvalue weighted by Crippen LogP contribution is -2.17. The van der Waals surface area contributed by atoms with Crippen LogP contribution in [0.2, 0.25) is 5.02 Å². The molecule has 0 fully saturated rings. The van der Waals surface area contributed by atoms with Gasteiger partial charge in [0.2, 0.25) is 0 Å². The van der Waals surface area contributed by atoms with Gasteiger partial charge in [-0.2, -0.15) is 0 Å². The number of hydrogen-bond donors (Lipinski definition) is 1. The molecule has 0 aliphatic heterocycles. The van der Waals surface area contributed by atoms with Crippen molar-refractivity contribution in [2.75, 3.05) is 27.9 Å². The van der Waals surface area contributed by atoms with Crippen molar-refractivity contribution >= 4 is 11.6 Å². The number of benzene rings is 2. The van der Waals surface area contributed by atoms with Gasteiger partial charge in [-0.15, -0.1) is 0 Å². The van der Waals surface area contributed by atoms with Crippen molar-refractivity contribution in [2.24, 2.45) is 0 Å². The number of para-hydroxylation sites is 1. The largest absolute Gasteiger partial charge is 0.496 e. The molecule has 0 saturated heterocycles. The van der Waals surface area contributed by atoms with Gasteiger partial charge in [-0.1, -0.05) is 29.8 Å². The second-order valence-corrected chi connectivity index (χ2v) is 5.44. The summed E-state index contributed by atoms with van der Waals surface area (Å²) < 4.78 is 15.9. The van der Waals surface area contributed by atoms with Gasteiger partial charge in [0.1, 0.15) is 5.75 Å². The van der Waals surface area contributed by atoms with E-state index in [1.807, 2.05) is 24.3 Å². The second-order valence-electron chi connectivity index (χ2n) is 5.04. The highest BCUT2D eigenvalue weighted by Crippen LogP contribution is 2.32. The van der Waals surface area contributed by atoms with E-state index in [2.05, 4.69) is 11.4 Å². The third-order valence-electron chi connectivity index (χ3n) is 3.63. The molecule has 0 unspecified atom stereocenters. The smallest absolute Gasteiger partial charge is 0.162 e. The van der Waals surface area contributed by atoms with Gasteiger partial charge in [0.15, 0.2) is 11.5 Å². The predicted octanol–water partition coefficient (Wildman–Crippen LogP) is 3.70. The van der Waals surface area contributed by atoms with E-state index in [0.717, 1.165) is 24.3 Å². The van der Waals surface area contributed by atoms with E-state index in [1.165, 1.54) is 5.56 Å². The fourth-order valence-corrected chi connectivity index (χ4v) is 2.61. The Hall–Kier alpha value is -1.91. The first-order valence-electron chi connectivity index (χ1n) is 7.42. The summed E-state index contributed by atoms with van der Waals surface area (Å²) in [5.74, 6) is 2.23. The summed E-state index contributed by atoms with van der Waals surface area (Å²) in [5, 5.41) is 4.05. The van der Waals surface area contributed by atoms with Crippen LogP contribution in [0.1, 0.15) is 11.1 Å². The monoisotopic (exact) mass is 335 g/mol. The van der Waals surface area contributed by atoms with Gasteiger partial charge in [0.25, 0.3) is 0 Å². The quantitative estimate of drug-likeness (QED) is 0.747. The van der Waals surface area contributed by atoms with E-state index >= 15 is 0 Å². The minimum absolute atomic E-state index is 0.635. The Bertz CT molecular complexity index is 646. The lowest BCUT2D eigenvalue weighted by molar-refractivity contribution is 0.354. The van der Waals surface area contributed by atoms with Crippen molar-refractivity contribution in [3.8, 4) is 17.2 Å². The van der Waals surface area contributed by atoms with E-state index in [9.17, 15) is 0 Å². The molecule has 1 N–H and O–H groups in total. The zero-order valence-corrected chi connectivity index (χ0v) is 14.4. The fourth-order valence-electron chi connectivity index (χ4n) is 2.39. The zero-order valence-electron chi connectivity index (χ0n) is 13.7. The highest BCUT2D eigenvalue weighted by atomic mass is 35.5. The first kappa shape index (κ1) is 17.4. The van der Waals surface area contributed by atoms with Gasteiger partial charge >= 0.3 is 0 Å². The Morgan fingerprint density at radius 2 is 1.52 bits per heavy atom. The molecule has 0 radical (unpaired) electrons. The van der Waals surface area contributed by atoms with Gasteiger partial charge in [0, 0.05) is 17.6 Å². The molecular formula is C18H22ClNO3. The Morgan fingerprint density at radius 3 is 2.22 bits per heavy atom. The predicted molar refractivity (Wildman–Crippen MR) is 93.0 cm³/mol. The van der Waals surface area contributed by atoms with Crippen molar-refractivity contribution < 1.29 is 14.2 Å².